The quantitative estimate of drug-likeness (QED) is 0.766. The van der Waals surface area contributed by atoms with Gasteiger partial charge in [0, 0.05) is 25.8 Å². The highest BCUT2D eigenvalue weighted by atomic mass is 79.9. The van der Waals surface area contributed by atoms with Crippen molar-refractivity contribution in [3.05, 3.63) is 16.5 Å². The second kappa shape index (κ2) is 6.51. The molecule has 9 heteroatoms. The smallest absolute Gasteiger partial charge is 0.371 e. The van der Waals surface area contributed by atoms with E-state index < -0.39 is 21.8 Å². The molecule has 0 radical (unpaired) electrons. The second-order valence-corrected chi connectivity index (χ2v) is 6.26. The molecule has 0 aliphatic carbocycles. The summed E-state index contributed by atoms with van der Waals surface area (Å²) in [6.45, 7) is 2.10. The molecular weight excluding hydrogens is 342 g/mol. The van der Waals surface area contributed by atoms with Crippen molar-refractivity contribution in [3.8, 4) is 0 Å². The molecule has 19 heavy (non-hydrogen) atoms. The number of sulfonamides is 1. The van der Waals surface area contributed by atoms with Crippen molar-refractivity contribution in [2.45, 2.75) is 24.3 Å². The van der Waals surface area contributed by atoms with Crippen LogP contribution in [-0.4, -0.2) is 39.3 Å². The fourth-order valence-corrected chi connectivity index (χ4v) is 3.54. The van der Waals surface area contributed by atoms with Crippen molar-refractivity contribution in [1.82, 2.24) is 4.72 Å². The Balaban J connectivity index is 2.91. The van der Waals surface area contributed by atoms with Gasteiger partial charge in [0.1, 0.15) is 4.90 Å². The van der Waals surface area contributed by atoms with E-state index in [1.54, 1.807) is 6.92 Å². The summed E-state index contributed by atoms with van der Waals surface area (Å²) < 4.78 is 36.0. The van der Waals surface area contributed by atoms with Crippen molar-refractivity contribution < 1.29 is 27.5 Å². The molecule has 0 aliphatic heterocycles. The first kappa shape index (κ1) is 16.2. The van der Waals surface area contributed by atoms with Crippen LogP contribution in [0.4, 0.5) is 0 Å². The number of aromatic carboxylic acids is 1. The van der Waals surface area contributed by atoms with E-state index in [1.807, 2.05) is 0 Å². The Bertz CT molecular complexity index is 552. The molecule has 0 saturated carbocycles. The number of rotatable bonds is 7. The molecule has 1 rings (SSSR count). The van der Waals surface area contributed by atoms with Gasteiger partial charge in [0.15, 0.2) is 4.67 Å². The average molecular weight is 356 g/mol. The van der Waals surface area contributed by atoms with E-state index in [4.69, 9.17) is 14.3 Å². The number of hydrogen-bond acceptors (Lipinski definition) is 5. The minimum atomic E-state index is -3.84. The van der Waals surface area contributed by atoms with Gasteiger partial charge in [0.05, 0.1) is 0 Å². The lowest BCUT2D eigenvalue weighted by molar-refractivity contribution is 0.0661. The fraction of sp³-hybridized carbons (Fsp3) is 0.500. The van der Waals surface area contributed by atoms with Crippen LogP contribution in [0.1, 0.15) is 23.9 Å². The van der Waals surface area contributed by atoms with Gasteiger partial charge in [-0.3, -0.25) is 0 Å². The Kier molecular flexibility index (Phi) is 5.53. The van der Waals surface area contributed by atoms with E-state index in [0.717, 1.165) is 6.07 Å². The Hall–Kier alpha value is -0.900. The first-order chi connectivity index (χ1) is 8.77. The predicted molar refractivity (Wildman–Crippen MR) is 69.6 cm³/mol. The standard InChI is InChI=1S/C10H14BrNO6S/c1-6(3-4-17-2)12-19(15,16)8-5-7(10(13)14)18-9(8)11/h5-6,12H,3-4H2,1-2H3,(H,13,14). The van der Waals surface area contributed by atoms with Gasteiger partial charge in [0.2, 0.25) is 15.8 Å². The maximum absolute atomic E-state index is 12.0. The topological polar surface area (TPSA) is 106 Å². The molecule has 0 saturated heterocycles. The van der Waals surface area contributed by atoms with Crippen LogP contribution in [0, 0.1) is 0 Å². The van der Waals surface area contributed by atoms with Crippen molar-refractivity contribution in [3.63, 3.8) is 0 Å². The highest BCUT2D eigenvalue weighted by Crippen LogP contribution is 2.26. The third-order valence-electron chi connectivity index (χ3n) is 2.27. The Labute approximate surface area is 119 Å². The molecule has 108 valence electrons. The zero-order chi connectivity index (χ0) is 14.6. The third-order valence-corrected chi connectivity index (χ3v) is 4.71. The molecular formula is C10H14BrNO6S. The lowest BCUT2D eigenvalue weighted by Crippen LogP contribution is -2.33. The monoisotopic (exact) mass is 355 g/mol. The molecule has 1 atom stereocenters. The van der Waals surface area contributed by atoms with E-state index in [2.05, 4.69) is 20.7 Å². The third kappa shape index (κ3) is 4.30. The van der Waals surface area contributed by atoms with Crippen LogP contribution in [0.15, 0.2) is 20.0 Å². The summed E-state index contributed by atoms with van der Waals surface area (Å²) in [5.41, 5.74) is 0. The van der Waals surface area contributed by atoms with Crippen LogP contribution in [-0.2, 0) is 14.8 Å². The van der Waals surface area contributed by atoms with Crippen molar-refractivity contribution in [2.24, 2.45) is 0 Å². The second-order valence-electron chi connectivity index (χ2n) is 3.86. The lowest BCUT2D eigenvalue weighted by atomic mass is 10.3. The minimum absolute atomic E-state index is 0.142. The van der Waals surface area contributed by atoms with Gasteiger partial charge in [-0.2, -0.15) is 0 Å². The summed E-state index contributed by atoms with van der Waals surface area (Å²) in [4.78, 5) is 10.5. The number of ether oxygens (including phenoxy) is 1. The summed E-state index contributed by atoms with van der Waals surface area (Å²) in [5.74, 6) is -1.79. The number of carboxylic acids is 1. The molecule has 0 fully saturated rings. The molecule has 2 N–H and O–H groups in total. The van der Waals surface area contributed by atoms with Gasteiger partial charge in [-0.1, -0.05) is 0 Å². The first-order valence-corrected chi connectivity index (χ1v) is 7.59. The van der Waals surface area contributed by atoms with Crippen LogP contribution in [0.5, 0.6) is 0 Å². The summed E-state index contributed by atoms with van der Waals surface area (Å²) >= 11 is 2.89. The van der Waals surface area contributed by atoms with Gasteiger partial charge >= 0.3 is 5.97 Å². The molecule has 0 aliphatic rings. The summed E-state index contributed by atoms with van der Waals surface area (Å²) in [6, 6.07) is 0.609. The highest BCUT2D eigenvalue weighted by molar-refractivity contribution is 9.10. The molecule has 0 spiro atoms. The van der Waals surface area contributed by atoms with E-state index in [9.17, 15) is 13.2 Å². The number of carboxylic acid groups (broad SMARTS) is 1. The number of halogens is 1. The molecule has 0 amide bonds. The SMILES string of the molecule is COCCC(C)NS(=O)(=O)c1cc(C(=O)O)oc1Br. The van der Waals surface area contributed by atoms with Gasteiger partial charge in [-0.05, 0) is 29.3 Å². The van der Waals surface area contributed by atoms with Crippen LogP contribution in [0.3, 0.4) is 0 Å². The maximum atomic E-state index is 12.0. The maximum Gasteiger partial charge on any atom is 0.371 e. The number of furan rings is 1. The first-order valence-electron chi connectivity index (χ1n) is 5.32. The van der Waals surface area contributed by atoms with Gasteiger partial charge in [0.25, 0.3) is 0 Å². The molecule has 0 bridgehead atoms. The highest BCUT2D eigenvalue weighted by Gasteiger charge is 2.26. The van der Waals surface area contributed by atoms with Crippen molar-refractivity contribution in [2.75, 3.05) is 13.7 Å². The Morgan fingerprint density at radius 2 is 2.26 bits per heavy atom. The Morgan fingerprint density at radius 1 is 1.63 bits per heavy atom. The van der Waals surface area contributed by atoms with Crippen LogP contribution in [0.2, 0.25) is 0 Å². The normalized spacial score (nSPS) is 13.4. The van der Waals surface area contributed by atoms with E-state index in [1.165, 1.54) is 7.11 Å². The number of hydrogen-bond donors (Lipinski definition) is 2. The van der Waals surface area contributed by atoms with E-state index in [0.29, 0.717) is 13.0 Å². The van der Waals surface area contributed by atoms with Crippen molar-refractivity contribution in [1.29, 1.82) is 0 Å². The van der Waals surface area contributed by atoms with E-state index in [-0.39, 0.29) is 15.6 Å². The average Bonchev–Trinajstić information content (AvgIpc) is 2.69. The molecule has 1 unspecified atom stereocenters. The minimum Gasteiger partial charge on any atom is -0.475 e. The molecule has 1 aromatic rings. The van der Waals surface area contributed by atoms with Crippen LogP contribution >= 0.6 is 15.9 Å². The van der Waals surface area contributed by atoms with Gasteiger partial charge < -0.3 is 14.3 Å². The Morgan fingerprint density at radius 3 is 2.74 bits per heavy atom. The number of methoxy groups -OCH3 is 1. The lowest BCUT2D eigenvalue weighted by Gasteiger charge is -2.12. The van der Waals surface area contributed by atoms with Gasteiger partial charge in [-0.15, -0.1) is 0 Å². The van der Waals surface area contributed by atoms with E-state index >= 15 is 0 Å². The zero-order valence-corrected chi connectivity index (χ0v) is 12.7. The summed E-state index contributed by atoms with van der Waals surface area (Å²) in [6.07, 6.45) is 0.497. The summed E-state index contributed by atoms with van der Waals surface area (Å²) in [7, 11) is -2.32. The number of nitrogens with one attached hydrogen (secondary N) is 1. The fourth-order valence-electron chi connectivity index (χ4n) is 1.32. The largest absolute Gasteiger partial charge is 0.475 e. The van der Waals surface area contributed by atoms with Crippen molar-refractivity contribution >= 4 is 31.9 Å². The predicted octanol–water partition coefficient (Wildman–Crippen LogP) is 1.44. The summed E-state index contributed by atoms with van der Waals surface area (Å²) in [5, 5.41) is 8.74. The molecule has 7 nitrogen and oxygen atoms in total. The molecule has 0 aromatic carbocycles. The van der Waals surface area contributed by atoms with Crippen LogP contribution < -0.4 is 4.72 Å². The van der Waals surface area contributed by atoms with Gasteiger partial charge in [-0.25, -0.2) is 17.9 Å². The zero-order valence-electron chi connectivity index (χ0n) is 10.3. The molecule has 1 heterocycles. The number of carbonyl (C=O) groups is 1. The van der Waals surface area contributed by atoms with Crippen LogP contribution in [0.25, 0.3) is 0 Å². The molecule has 1 aromatic heterocycles.